The van der Waals surface area contributed by atoms with E-state index in [2.05, 4.69) is 4.72 Å². The van der Waals surface area contributed by atoms with Crippen LogP contribution in [0.25, 0.3) is 0 Å². The second-order valence-corrected chi connectivity index (χ2v) is 6.28. The lowest BCUT2D eigenvalue weighted by Crippen LogP contribution is -2.13. The Bertz CT molecular complexity index is 669. The molecule has 2 aromatic rings. The maximum absolute atomic E-state index is 12.2. The number of anilines is 1. The van der Waals surface area contributed by atoms with Crippen LogP contribution in [0.1, 0.15) is 5.56 Å². The van der Waals surface area contributed by atoms with Gasteiger partial charge in [-0.25, -0.2) is 8.42 Å². The van der Waals surface area contributed by atoms with Crippen LogP contribution in [-0.4, -0.2) is 8.42 Å². The molecule has 1 N–H and O–H groups in total. The van der Waals surface area contributed by atoms with E-state index in [0.29, 0.717) is 10.7 Å². The van der Waals surface area contributed by atoms with E-state index in [4.69, 9.17) is 23.2 Å². The summed E-state index contributed by atoms with van der Waals surface area (Å²) in [5, 5.41) is 0.548. The molecule has 0 fully saturated rings. The highest BCUT2D eigenvalue weighted by Crippen LogP contribution is 2.19. The van der Waals surface area contributed by atoms with Crippen molar-refractivity contribution in [1.29, 1.82) is 0 Å². The summed E-state index contributed by atoms with van der Waals surface area (Å²) in [6.45, 7) is 0. The molecule has 0 saturated carbocycles. The lowest BCUT2D eigenvalue weighted by atomic mass is 10.2. The lowest BCUT2D eigenvalue weighted by Gasteiger charge is -2.08. The monoisotopic (exact) mass is 315 g/mol. The summed E-state index contributed by atoms with van der Waals surface area (Å²) in [5.74, 6) is 0.268. The zero-order valence-electron chi connectivity index (χ0n) is 9.81. The van der Waals surface area contributed by atoms with Crippen LogP contribution in [0.2, 0.25) is 5.02 Å². The zero-order chi connectivity index (χ0) is 13.9. The van der Waals surface area contributed by atoms with Crippen molar-refractivity contribution in [2.45, 2.75) is 10.8 Å². The van der Waals surface area contributed by atoms with Gasteiger partial charge in [0.25, 0.3) is 10.0 Å². The van der Waals surface area contributed by atoms with E-state index in [9.17, 15) is 8.42 Å². The third kappa shape index (κ3) is 3.62. The van der Waals surface area contributed by atoms with E-state index >= 15 is 0 Å². The first kappa shape index (κ1) is 14.2. The number of benzene rings is 2. The van der Waals surface area contributed by atoms with Gasteiger partial charge in [-0.1, -0.05) is 23.7 Å². The Hall–Kier alpha value is -1.23. The summed E-state index contributed by atoms with van der Waals surface area (Å²) in [7, 11) is -3.61. The molecular formula is C13H11Cl2NO2S. The Balaban J connectivity index is 2.29. The molecule has 0 aliphatic heterocycles. The second kappa shape index (κ2) is 5.82. The second-order valence-electron chi connectivity index (χ2n) is 3.89. The summed E-state index contributed by atoms with van der Waals surface area (Å²) in [5.41, 5.74) is 1.21. The molecule has 2 rings (SSSR count). The van der Waals surface area contributed by atoms with Crippen molar-refractivity contribution in [2.24, 2.45) is 0 Å². The summed E-state index contributed by atoms with van der Waals surface area (Å²) < 4.78 is 26.8. The average molecular weight is 316 g/mol. The van der Waals surface area contributed by atoms with Crippen molar-refractivity contribution in [3.05, 3.63) is 59.1 Å². The Labute approximate surface area is 122 Å². The fourth-order valence-corrected chi connectivity index (χ4v) is 2.95. The molecule has 0 atom stereocenters. The van der Waals surface area contributed by atoms with Crippen LogP contribution in [0.4, 0.5) is 5.69 Å². The smallest absolute Gasteiger partial charge is 0.261 e. The van der Waals surface area contributed by atoms with Crippen molar-refractivity contribution in [3.63, 3.8) is 0 Å². The number of hydrogen-bond donors (Lipinski definition) is 1. The summed E-state index contributed by atoms with van der Waals surface area (Å²) >= 11 is 11.4. The molecule has 2 aromatic carbocycles. The predicted molar refractivity (Wildman–Crippen MR) is 78.3 cm³/mol. The summed E-state index contributed by atoms with van der Waals surface area (Å²) in [4.78, 5) is 0.181. The fraction of sp³-hybridized carbons (Fsp3) is 0.0769. The Morgan fingerprint density at radius 2 is 1.74 bits per heavy atom. The molecule has 0 aromatic heterocycles. The average Bonchev–Trinajstić information content (AvgIpc) is 2.41. The van der Waals surface area contributed by atoms with Gasteiger partial charge in [-0.3, -0.25) is 4.72 Å². The fourth-order valence-electron chi connectivity index (χ4n) is 1.53. The first-order valence-electron chi connectivity index (χ1n) is 5.44. The zero-order valence-corrected chi connectivity index (χ0v) is 12.1. The van der Waals surface area contributed by atoms with Gasteiger partial charge >= 0.3 is 0 Å². The minimum absolute atomic E-state index is 0.181. The first-order valence-corrected chi connectivity index (χ1v) is 7.84. The highest BCUT2D eigenvalue weighted by Gasteiger charge is 2.14. The molecule has 0 spiro atoms. The summed E-state index contributed by atoms with van der Waals surface area (Å²) in [6, 6.07) is 12.9. The minimum Gasteiger partial charge on any atom is -0.280 e. The van der Waals surface area contributed by atoms with Crippen molar-refractivity contribution < 1.29 is 8.42 Å². The molecule has 0 aliphatic carbocycles. The molecule has 0 saturated heterocycles. The molecule has 0 bridgehead atoms. The van der Waals surface area contributed by atoms with E-state index in [1.165, 1.54) is 6.07 Å². The van der Waals surface area contributed by atoms with Gasteiger partial charge in [0, 0.05) is 16.6 Å². The lowest BCUT2D eigenvalue weighted by molar-refractivity contribution is 0.601. The van der Waals surface area contributed by atoms with Crippen LogP contribution in [0.3, 0.4) is 0 Å². The molecular weight excluding hydrogens is 305 g/mol. The number of halogens is 2. The third-order valence-electron chi connectivity index (χ3n) is 2.46. The van der Waals surface area contributed by atoms with Crippen molar-refractivity contribution in [2.75, 3.05) is 4.72 Å². The van der Waals surface area contributed by atoms with Crippen LogP contribution in [0.5, 0.6) is 0 Å². The maximum Gasteiger partial charge on any atom is 0.261 e. The Kier molecular flexibility index (Phi) is 4.34. The van der Waals surface area contributed by atoms with E-state index in [1.54, 1.807) is 42.5 Å². The van der Waals surface area contributed by atoms with Crippen LogP contribution < -0.4 is 4.72 Å². The van der Waals surface area contributed by atoms with E-state index < -0.39 is 10.0 Å². The normalized spacial score (nSPS) is 11.3. The highest BCUT2D eigenvalue weighted by molar-refractivity contribution is 7.92. The van der Waals surface area contributed by atoms with Gasteiger partial charge in [-0.05, 0) is 42.0 Å². The number of rotatable bonds is 4. The molecule has 100 valence electrons. The number of sulfonamides is 1. The van der Waals surface area contributed by atoms with E-state index in [0.717, 1.165) is 5.56 Å². The Morgan fingerprint density at radius 1 is 1.05 bits per heavy atom. The molecule has 19 heavy (non-hydrogen) atoms. The third-order valence-corrected chi connectivity index (χ3v) is 4.40. The maximum atomic E-state index is 12.2. The predicted octanol–water partition coefficient (Wildman–Crippen LogP) is 3.88. The SMILES string of the molecule is O=S(=O)(Nc1ccc(Cl)cc1)c1cccc(CCl)c1. The molecule has 0 amide bonds. The van der Waals surface area contributed by atoms with Gasteiger partial charge in [0.05, 0.1) is 4.90 Å². The summed E-state index contributed by atoms with van der Waals surface area (Å²) in [6.07, 6.45) is 0. The van der Waals surface area contributed by atoms with Gasteiger partial charge in [0.2, 0.25) is 0 Å². The molecule has 0 heterocycles. The van der Waals surface area contributed by atoms with Gasteiger partial charge in [-0.15, -0.1) is 11.6 Å². The molecule has 0 unspecified atom stereocenters. The largest absolute Gasteiger partial charge is 0.280 e. The van der Waals surface area contributed by atoms with Crippen LogP contribution in [0.15, 0.2) is 53.4 Å². The van der Waals surface area contributed by atoms with Crippen molar-refractivity contribution in [3.8, 4) is 0 Å². The molecule has 0 aliphatic rings. The van der Waals surface area contributed by atoms with Crippen LogP contribution in [-0.2, 0) is 15.9 Å². The van der Waals surface area contributed by atoms with Gasteiger partial charge in [-0.2, -0.15) is 0 Å². The Morgan fingerprint density at radius 3 is 2.37 bits per heavy atom. The van der Waals surface area contributed by atoms with E-state index in [1.807, 2.05) is 0 Å². The minimum atomic E-state index is -3.61. The molecule has 6 heteroatoms. The standard InChI is InChI=1S/C13H11Cl2NO2S/c14-9-10-2-1-3-13(8-10)19(17,18)16-12-6-4-11(15)5-7-12/h1-8,16H,9H2. The number of hydrogen-bond acceptors (Lipinski definition) is 2. The molecule has 3 nitrogen and oxygen atoms in total. The van der Waals surface area contributed by atoms with Crippen molar-refractivity contribution in [1.82, 2.24) is 0 Å². The molecule has 0 radical (unpaired) electrons. The number of nitrogens with one attached hydrogen (secondary N) is 1. The van der Waals surface area contributed by atoms with Crippen LogP contribution >= 0.6 is 23.2 Å². The quantitative estimate of drug-likeness (QED) is 0.870. The van der Waals surface area contributed by atoms with Crippen LogP contribution in [0, 0.1) is 0 Å². The van der Waals surface area contributed by atoms with Gasteiger partial charge in [0.1, 0.15) is 0 Å². The highest BCUT2D eigenvalue weighted by atomic mass is 35.5. The van der Waals surface area contributed by atoms with Gasteiger partial charge < -0.3 is 0 Å². The van der Waals surface area contributed by atoms with Crippen molar-refractivity contribution >= 4 is 38.9 Å². The topological polar surface area (TPSA) is 46.2 Å². The van der Waals surface area contributed by atoms with Gasteiger partial charge in [0.15, 0.2) is 0 Å². The van der Waals surface area contributed by atoms with E-state index in [-0.39, 0.29) is 10.8 Å². The number of alkyl halides is 1. The first-order chi connectivity index (χ1) is 9.01.